The standard InChI is InChI=1S/C7H13ClO3.C3H2Cl4O2/c1-2-3-4-10-5-6-11-7(8)9;4-2(8)9-1-3(5,6)7/h2-6H2,1H3;1H2. The number of unbranched alkanes of at least 4 members (excludes halogenated alkanes) is 1. The van der Waals surface area contributed by atoms with E-state index in [4.69, 9.17) is 62.7 Å². The third-order valence-corrected chi connectivity index (χ3v) is 1.98. The average Bonchev–Trinajstić information content (AvgIpc) is 2.31. The number of carbonyl (C=O) groups is 2. The van der Waals surface area contributed by atoms with E-state index in [-0.39, 0.29) is 13.2 Å². The molecule has 0 aliphatic heterocycles. The van der Waals surface area contributed by atoms with E-state index in [2.05, 4.69) is 16.4 Å². The van der Waals surface area contributed by atoms with E-state index < -0.39 is 14.6 Å². The minimum Gasteiger partial charge on any atom is -0.451 e. The summed E-state index contributed by atoms with van der Waals surface area (Å²) in [5.41, 5.74) is -1.76. The highest BCUT2D eigenvalue weighted by Crippen LogP contribution is 2.26. The Labute approximate surface area is 142 Å². The minimum atomic E-state index is -1.58. The van der Waals surface area contributed by atoms with Gasteiger partial charge in [-0.05, 0) is 6.42 Å². The van der Waals surface area contributed by atoms with Gasteiger partial charge in [0, 0.05) is 29.8 Å². The molecular weight excluding hydrogens is 377 g/mol. The molecule has 0 amide bonds. The van der Waals surface area contributed by atoms with Gasteiger partial charge in [0.15, 0.2) is 0 Å². The first-order valence-electron chi connectivity index (χ1n) is 5.48. The monoisotopic (exact) mass is 390 g/mol. The molecule has 0 heterocycles. The fraction of sp³-hybridized carbons (Fsp3) is 0.800. The third-order valence-electron chi connectivity index (χ3n) is 1.43. The van der Waals surface area contributed by atoms with Crippen molar-refractivity contribution < 1.29 is 23.8 Å². The summed E-state index contributed by atoms with van der Waals surface area (Å²) in [5.74, 6) is 0. The number of hydrogen-bond acceptors (Lipinski definition) is 5. The summed E-state index contributed by atoms with van der Waals surface area (Å²) in [6.45, 7) is 3.14. The Balaban J connectivity index is 0. The van der Waals surface area contributed by atoms with Gasteiger partial charge in [0.05, 0.1) is 6.61 Å². The summed E-state index contributed by atoms with van der Waals surface area (Å²) in [6, 6.07) is 0. The van der Waals surface area contributed by atoms with E-state index in [1.165, 1.54) is 0 Å². The van der Waals surface area contributed by atoms with Crippen molar-refractivity contribution in [1.82, 2.24) is 0 Å². The van der Waals surface area contributed by atoms with Crippen LogP contribution in [0.3, 0.4) is 0 Å². The molecule has 0 saturated carbocycles. The lowest BCUT2D eigenvalue weighted by molar-refractivity contribution is 0.0807. The second-order valence-electron chi connectivity index (χ2n) is 3.19. The highest BCUT2D eigenvalue weighted by Gasteiger charge is 2.21. The number of halogens is 5. The predicted octanol–water partition coefficient (Wildman–Crippen LogP) is 4.91. The summed E-state index contributed by atoms with van der Waals surface area (Å²) in [4.78, 5) is 19.9. The summed E-state index contributed by atoms with van der Waals surface area (Å²) in [5, 5.41) is 0. The third kappa shape index (κ3) is 26.8. The average molecular weight is 392 g/mol. The highest BCUT2D eigenvalue weighted by atomic mass is 35.6. The lowest BCUT2D eigenvalue weighted by Crippen LogP contribution is -2.13. The van der Waals surface area contributed by atoms with Crippen molar-refractivity contribution in [2.45, 2.75) is 23.6 Å². The Morgan fingerprint density at radius 3 is 1.85 bits per heavy atom. The molecule has 0 bridgehead atoms. The molecule has 0 saturated heterocycles. The molecule has 0 fully saturated rings. The van der Waals surface area contributed by atoms with Crippen LogP contribution < -0.4 is 0 Å². The van der Waals surface area contributed by atoms with Crippen LogP contribution in [0.5, 0.6) is 0 Å². The van der Waals surface area contributed by atoms with Crippen molar-refractivity contribution in [3.63, 3.8) is 0 Å². The van der Waals surface area contributed by atoms with Crippen LogP contribution in [-0.2, 0) is 14.2 Å². The second kappa shape index (κ2) is 14.3. The van der Waals surface area contributed by atoms with Crippen molar-refractivity contribution in [1.29, 1.82) is 0 Å². The maximum absolute atomic E-state index is 10.0. The molecule has 0 N–H and O–H groups in total. The van der Waals surface area contributed by atoms with Crippen LogP contribution in [0.2, 0.25) is 0 Å². The van der Waals surface area contributed by atoms with E-state index in [0.717, 1.165) is 19.4 Å². The smallest absolute Gasteiger partial charge is 0.403 e. The second-order valence-corrected chi connectivity index (χ2v) is 6.33. The van der Waals surface area contributed by atoms with Crippen molar-refractivity contribution in [3.8, 4) is 0 Å². The Bertz CT molecular complexity index is 269. The molecule has 0 aliphatic rings. The zero-order valence-corrected chi connectivity index (χ0v) is 14.5. The number of carbonyl (C=O) groups excluding carboxylic acids is 2. The van der Waals surface area contributed by atoms with E-state index in [0.29, 0.717) is 6.61 Å². The van der Waals surface area contributed by atoms with Crippen molar-refractivity contribution in [2.75, 3.05) is 26.4 Å². The molecule has 0 rings (SSSR count). The minimum absolute atomic E-state index is 0.242. The molecule has 5 nitrogen and oxygen atoms in total. The first-order valence-corrected chi connectivity index (χ1v) is 7.37. The van der Waals surface area contributed by atoms with E-state index >= 15 is 0 Å². The van der Waals surface area contributed by atoms with Crippen LogP contribution in [0.15, 0.2) is 0 Å². The lowest BCUT2D eigenvalue weighted by Gasteiger charge is -2.07. The number of rotatable bonds is 7. The number of ether oxygens (including phenoxy) is 3. The van der Waals surface area contributed by atoms with Gasteiger partial charge in [0.2, 0.25) is 3.79 Å². The topological polar surface area (TPSA) is 61.8 Å². The van der Waals surface area contributed by atoms with Crippen molar-refractivity contribution >= 4 is 68.9 Å². The molecule has 0 aromatic carbocycles. The van der Waals surface area contributed by atoms with Crippen LogP contribution in [0.4, 0.5) is 9.59 Å². The molecule has 10 heteroatoms. The van der Waals surface area contributed by atoms with Gasteiger partial charge in [-0.15, -0.1) is 0 Å². The summed E-state index contributed by atoms with van der Waals surface area (Å²) in [6.07, 6.45) is 2.14. The Morgan fingerprint density at radius 2 is 1.50 bits per heavy atom. The molecule has 0 atom stereocenters. The quantitative estimate of drug-likeness (QED) is 0.350. The predicted molar refractivity (Wildman–Crippen MR) is 80.4 cm³/mol. The first kappa shape index (κ1) is 22.6. The van der Waals surface area contributed by atoms with Crippen molar-refractivity contribution in [2.24, 2.45) is 0 Å². The molecule has 0 radical (unpaired) electrons. The molecule has 0 spiro atoms. The summed E-state index contributed by atoms with van der Waals surface area (Å²) >= 11 is 25.2. The molecule has 0 aromatic heterocycles. The number of alkyl halides is 3. The van der Waals surface area contributed by atoms with Gasteiger partial charge in [-0.1, -0.05) is 48.1 Å². The van der Waals surface area contributed by atoms with Gasteiger partial charge < -0.3 is 14.2 Å². The van der Waals surface area contributed by atoms with Gasteiger partial charge in [-0.3, -0.25) is 0 Å². The lowest BCUT2D eigenvalue weighted by atomic mass is 10.4. The molecule has 20 heavy (non-hydrogen) atoms. The van der Waals surface area contributed by atoms with E-state index in [1.54, 1.807) is 0 Å². The molecule has 0 aromatic rings. The first-order chi connectivity index (χ1) is 9.19. The van der Waals surface area contributed by atoms with Gasteiger partial charge in [-0.25, -0.2) is 9.59 Å². The van der Waals surface area contributed by atoms with Crippen LogP contribution >= 0.6 is 58.0 Å². The zero-order valence-electron chi connectivity index (χ0n) is 10.7. The summed E-state index contributed by atoms with van der Waals surface area (Å²) in [7, 11) is 0. The fourth-order valence-electron chi connectivity index (χ4n) is 0.668. The van der Waals surface area contributed by atoms with Crippen molar-refractivity contribution in [3.05, 3.63) is 0 Å². The maximum atomic E-state index is 10.0. The molecule has 120 valence electrons. The molecular formula is C10H15Cl5O5. The van der Waals surface area contributed by atoms with Crippen LogP contribution in [-0.4, -0.2) is 41.1 Å². The van der Waals surface area contributed by atoms with Crippen LogP contribution in [0, 0.1) is 0 Å². The largest absolute Gasteiger partial charge is 0.451 e. The molecule has 0 unspecified atom stereocenters. The van der Waals surface area contributed by atoms with Gasteiger partial charge in [0.1, 0.15) is 13.2 Å². The van der Waals surface area contributed by atoms with Gasteiger partial charge in [0.25, 0.3) is 0 Å². The summed E-state index contributed by atoms with van der Waals surface area (Å²) < 4.78 is 12.1. The van der Waals surface area contributed by atoms with Crippen LogP contribution in [0.1, 0.15) is 19.8 Å². The van der Waals surface area contributed by atoms with E-state index in [1.807, 2.05) is 0 Å². The SMILES string of the molecule is CCCCOCCOC(=O)Cl.O=C(Cl)OCC(Cl)(Cl)Cl. The number of hydrogen-bond donors (Lipinski definition) is 0. The Hall–Kier alpha value is 0.350. The normalized spacial score (nSPS) is 10.3. The Kier molecular flexibility index (Phi) is 16.2. The van der Waals surface area contributed by atoms with Crippen LogP contribution in [0.25, 0.3) is 0 Å². The van der Waals surface area contributed by atoms with Gasteiger partial charge >= 0.3 is 10.9 Å². The zero-order chi connectivity index (χ0) is 16.0. The highest BCUT2D eigenvalue weighted by molar-refractivity contribution is 6.68. The van der Waals surface area contributed by atoms with Gasteiger partial charge in [-0.2, -0.15) is 0 Å². The van der Waals surface area contributed by atoms with E-state index in [9.17, 15) is 9.59 Å². The fourth-order valence-corrected chi connectivity index (χ4v) is 0.963. The molecule has 0 aliphatic carbocycles. The maximum Gasteiger partial charge on any atom is 0.403 e. The Morgan fingerprint density at radius 1 is 0.950 bits per heavy atom.